The molecule has 0 bridgehead atoms. The molecule has 1 aromatic carbocycles. The highest BCUT2D eigenvalue weighted by molar-refractivity contribution is 6.31. The number of rotatable bonds is 2. The van der Waals surface area contributed by atoms with Gasteiger partial charge in [0.15, 0.2) is 0 Å². The van der Waals surface area contributed by atoms with Crippen LogP contribution >= 0.6 is 11.6 Å². The fourth-order valence-electron chi connectivity index (χ4n) is 1.01. The van der Waals surface area contributed by atoms with Crippen LogP contribution in [-0.2, 0) is 6.54 Å². The molecule has 0 fully saturated rings. The monoisotopic (exact) mass is 187 g/mol. The number of aryl methyl sites for hydroxylation is 1. The van der Waals surface area contributed by atoms with Crippen LogP contribution in [0.2, 0.25) is 5.02 Å². The van der Waals surface area contributed by atoms with E-state index in [2.05, 4.69) is 5.32 Å². The molecule has 0 atom stereocenters. The number of halogens is 2. The Kier molecular flexibility index (Phi) is 3.06. The molecule has 1 rings (SSSR count). The van der Waals surface area contributed by atoms with Gasteiger partial charge in [-0.3, -0.25) is 0 Å². The number of hydrogen-bond acceptors (Lipinski definition) is 1. The average Bonchev–Trinajstić information content (AvgIpc) is 2.01. The first-order valence-corrected chi connectivity index (χ1v) is 4.12. The van der Waals surface area contributed by atoms with Crippen molar-refractivity contribution in [1.29, 1.82) is 0 Å². The van der Waals surface area contributed by atoms with Crippen LogP contribution in [0.3, 0.4) is 0 Å². The van der Waals surface area contributed by atoms with Gasteiger partial charge in [0.2, 0.25) is 0 Å². The lowest BCUT2D eigenvalue weighted by atomic mass is 10.1. The van der Waals surface area contributed by atoms with Gasteiger partial charge in [0, 0.05) is 17.1 Å². The molecule has 0 aromatic heterocycles. The summed E-state index contributed by atoms with van der Waals surface area (Å²) < 4.78 is 13.1. The summed E-state index contributed by atoms with van der Waals surface area (Å²) in [6.07, 6.45) is 0. The van der Waals surface area contributed by atoms with Gasteiger partial charge in [0.05, 0.1) is 0 Å². The van der Waals surface area contributed by atoms with Crippen LogP contribution < -0.4 is 5.32 Å². The Morgan fingerprint density at radius 2 is 2.17 bits per heavy atom. The van der Waals surface area contributed by atoms with E-state index in [1.807, 2.05) is 0 Å². The Morgan fingerprint density at radius 1 is 1.50 bits per heavy atom. The van der Waals surface area contributed by atoms with E-state index in [0.29, 0.717) is 17.1 Å². The molecular weight excluding hydrogens is 177 g/mol. The minimum Gasteiger partial charge on any atom is -0.316 e. The highest BCUT2D eigenvalue weighted by Crippen LogP contribution is 2.19. The van der Waals surface area contributed by atoms with E-state index in [1.165, 1.54) is 6.07 Å². The largest absolute Gasteiger partial charge is 0.316 e. The van der Waals surface area contributed by atoms with Crippen LogP contribution in [-0.4, -0.2) is 7.05 Å². The van der Waals surface area contributed by atoms with E-state index in [9.17, 15) is 4.39 Å². The van der Waals surface area contributed by atoms with Gasteiger partial charge in [-0.2, -0.15) is 0 Å². The lowest BCUT2D eigenvalue weighted by Crippen LogP contribution is -2.07. The summed E-state index contributed by atoms with van der Waals surface area (Å²) in [5, 5.41) is 3.49. The zero-order chi connectivity index (χ0) is 9.14. The molecule has 0 aliphatic heterocycles. The lowest BCUT2D eigenvalue weighted by Gasteiger charge is -2.04. The molecule has 0 amide bonds. The zero-order valence-electron chi connectivity index (χ0n) is 7.12. The smallest absolute Gasteiger partial charge is 0.128 e. The number of nitrogens with one attached hydrogen (secondary N) is 1. The summed E-state index contributed by atoms with van der Waals surface area (Å²) in [4.78, 5) is 0. The number of benzene rings is 1. The molecule has 0 heterocycles. The number of hydrogen-bond donors (Lipinski definition) is 1. The molecule has 3 heteroatoms. The van der Waals surface area contributed by atoms with E-state index in [4.69, 9.17) is 11.6 Å². The van der Waals surface area contributed by atoms with E-state index >= 15 is 0 Å². The van der Waals surface area contributed by atoms with E-state index in [0.717, 1.165) is 5.56 Å². The van der Waals surface area contributed by atoms with Crippen molar-refractivity contribution in [3.8, 4) is 0 Å². The molecule has 0 unspecified atom stereocenters. The zero-order valence-corrected chi connectivity index (χ0v) is 7.87. The van der Waals surface area contributed by atoms with Gasteiger partial charge in [-0.25, -0.2) is 4.39 Å². The second-order valence-electron chi connectivity index (χ2n) is 2.72. The first-order chi connectivity index (χ1) is 5.65. The lowest BCUT2D eigenvalue weighted by molar-refractivity contribution is 0.600. The van der Waals surface area contributed by atoms with Crippen molar-refractivity contribution in [2.24, 2.45) is 0 Å². The van der Waals surface area contributed by atoms with Crippen LogP contribution in [0.25, 0.3) is 0 Å². The van der Waals surface area contributed by atoms with Gasteiger partial charge in [0.25, 0.3) is 0 Å². The molecule has 66 valence electrons. The summed E-state index contributed by atoms with van der Waals surface area (Å²) in [5.41, 5.74) is 1.38. The van der Waals surface area contributed by atoms with Gasteiger partial charge in [-0.1, -0.05) is 11.6 Å². The third-order valence-corrected chi connectivity index (χ3v) is 2.10. The third kappa shape index (κ3) is 1.96. The van der Waals surface area contributed by atoms with Crippen molar-refractivity contribution in [3.63, 3.8) is 0 Å². The quantitative estimate of drug-likeness (QED) is 0.750. The molecule has 0 saturated heterocycles. The van der Waals surface area contributed by atoms with E-state index in [1.54, 1.807) is 20.0 Å². The predicted octanol–water partition coefficient (Wildman–Crippen LogP) is 2.51. The maximum Gasteiger partial charge on any atom is 0.128 e. The molecule has 0 spiro atoms. The summed E-state index contributed by atoms with van der Waals surface area (Å²) in [6, 6.07) is 3.11. The average molecular weight is 188 g/mol. The van der Waals surface area contributed by atoms with Crippen LogP contribution in [0, 0.1) is 12.7 Å². The van der Waals surface area contributed by atoms with Gasteiger partial charge in [-0.15, -0.1) is 0 Å². The van der Waals surface area contributed by atoms with Gasteiger partial charge in [-0.05, 0) is 31.7 Å². The maximum atomic E-state index is 13.1. The fraction of sp³-hybridized carbons (Fsp3) is 0.333. The topological polar surface area (TPSA) is 12.0 Å². The molecule has 0 radical (unpaired) electrons. The predicted molar refractivity (Wildman–Crippen MR) is 48.9 cm³/mol. The van der Waals surface area contributed by atoms with Crippen LogP contribution in [0.4, 0.5) is 4.39 Å². The molecule has 12 heavy (non-hydrogen) atoms. The summed E-state index contributed by atoms with van der Waals surface area (Å²) in [5.74, 6) is -0.203. The fourth-order valence-corrected chi connectivity index (χ4v) is 1.20. The Morgan fingerprint density at radius 3 is 2.75 bits per heavy atom. The second-order valence-corrected chi connectivity index (χ2v) is 3.13. The summed E-state index contributed by atoms with van der Waals surface area (Å²) in [7, 11) is 1.77. The van der Waals surface area contributed by atoms with Gasteiger partial charge >= 0.3 is 0 Å². The molecule has 1 nitrogen and oxygen atoms in total. The van der Waals surface area contributed by atoms with Crippen LogP contribution in [0.1, 0.15) is 11.1 Å². The second kappa shape index (κ2) is 3.87. The van der Waals surface area contributed by atoms with Crippen molar-refractivity contribution >= 4 is 11.6 Å². The first-order valence-electron chi connectivity index (χ1n) is 3.74. The normalized spacial score (nSPS) is 10.3. The van der Waals surface area contributed by atoms with Gasteiger partial charge < -0.3 is 5.32 Å². The summed E-state index contributed by atoms with van der Waals surface area (Å²) in [6.45, 7) is 2.29. The highest BCUT2D eigenvalue weighted by atomic mass is 35.5. The van der Waals surface area contributed by atoms with Crippen molar-refractivity contribution in [2.45, 2.75) is 13.5 Å². The minimum atomic E-state index is -0.203. The van der Waals surface area contributed by atoms with Gasteiger partial charge in [0.1, 0.15) is 5.82 Å². The van der Waals surface area contributed by atoms with E-state index in [-0.39, 0.29) is 5.82 Å². The molecule has 1 aromatic rings. The Labute approximate surface area is 76.5 Å². The Balaban J connectivity index is 3.05. The standard InChI is InChI=1S/C9H11ClFN/c1-6-3-9(11)7(5-12-2)4-8(6)10/h3-4,12H,5H2,1-2H3. The van der Waals surface area contributed by atoms with Crippen molar-refractivity contribution in [3.05, 3.63) is 34.1 Å². The molecule has 0 aliphatic carbocycles. The van der Waals surface area contributed by atoms with Crippen molar-refractivity contribution < 1.29 is 4.39 Å². The molecular formula is C9H11ClFN. The maximum absolute atomic E-state index is 13.1. The van der Waals surface area contributed by atoms with Crippen LogP contribution in [0.5, 0.6) is 0 Å². The van der Waals surface area contributed by atoms with Crippen molar-refractivity contribution in [2.75, 3.05) is 7.05 Å². The molecule has 1 N–H and O–H groups in total. The third-order valence-electron chi connectivity index (χ3n) is 1.69. The SMILES string of the molecule is CNCc1cc(Cl)c(C)cc1F. The van der Waals surface area contributed by atoms with E-state index < -0.39 is 0 Å². The first kappa shape index (κ1) is 9.49. The Hall–Kier alpha value is -0.600. The summed E-state index contributed by atoms with van der Waals surface area (Å²) >= 11 is 5.83. The minimum absolute atomic E-state index is 0.203. The highest BCUT2D eigenvalue weighted by Gasteiger charge is 2.04. The molecule has 0 saturated carbocycles. The Bertz CT molecular complexity index is 286. The van der Waals surface area contributed by atoms with Crippen molar-refractivity contribution in [1.82, 2.24) is 5.32 Å². The van der Waals surface area contributed by atoms with Crippen LogP contribution in [0.15, 0.2) is 12.1 Å². The molecule has 0 aliphatic rings.